The number of ether oxygens (including phenoxy) is 1. The molecule has 0 aromatic rings. The van der Waals surface area contributed by atoms with Gasteiger partial charge in [-0.05, 0) is 50.9 Å². The fraction of sp³-hybridized carbons (Fsp3) is 0.867. The summed E-state index contributed by atoms with van der Waals surface area (Å²) in [6, 6.07) is 0.0675. The molecule has 5 nitrogen and oxygen atoms in total. The highest BCUT2D eigenvalue weighted by atomic mass is 16.5. The highest BCUT2D eigenvalue weighted by Crippen LogP contribution is 2.63. The Morgan fingerprint density at radius 1 is 1.10 bits per heavy atom. The molecule has 2 heterocycles. The van der Waals surface area contributed by atoms with Crippen molar-refractivity contribution in [2.75, 3.05) is 0 Å². The summed E-state index contributed by atoms with van der Waals surface area (Å²) in [6.07, 6.45) is 6.65. The van der Waals surface area contributed by atoms with Gasteiger partial charge in [0, 0.05) is 12.0 Å². The molecule has 2 saturated heterocycles. The van der Waals surface area contributed by atoms with Gasteiger partial charge in [-0.2, -0.15) is 0 Å². The summed E-state index contributed by atoms with van der Waals surface area (Å²) < 4.78 is 5.76. The average molecular weight is 279 g/mol. The van der Waals surface area contributed by atoms with Gasteiger partial charge in [0.05, 0.1) is 17.6 Å². The number of fused-ring (bicyclic) bond motifs is 3. The molecule has 2 bridgehead atoms. The fourth-order valence-corrected chi connectivity index (χ4v) is 4.66. The molecule has 0 aromatic carbocycles. The molecule has 4 aliphatic rings. The molecule has 2 N–H and O–H groups in total. The van der Waals surface area contributed by atoms with Gasteiger partial charge in [-0.15, -0.1) is 0 Å². The predicted molar refractivity (Wildman–Crippen MR) is 70.0 cm³/mol. The first-order chi connectivity index (χ1) is 9.57. The van der Waals surface area contributed by atoms with Crippen LogP contribution in [0.1, 0.15) is 44.9 Å². The van der Waals surface area contributed by atoms with Crippen molar-refractivity contribution >= 4 is 11.9 Å². The SMILES string of the molecule is O=C(N[C@H]1C[C@@H]2C[C@]2(C(=O)O)C1)C1C[C@H]2CC[C@@H](C1)O2. The molecule has 2 aliphatic carbocycles. The lowest BCUT2D eigenvalue weighted by molar-refractivity contribution is -0.144. The van der Waals surface area contributed by atoms with Crippen LogP contribution in [-0.4, -0.2) is 35.2 Å². The van der Waals surface area contributed by atoms with Gasteiger partial charge in [-0.1, -0.05) is 0 Å². The lowest BCUT2D eigenvalue weighted by Gasteiger charge is -2.28. The van der Waals surface area contributed by atoms with E-state index in [4.69, 9.17) is 4.74 Å². The summed E-state index contributed by atoms with van der Waals surface area (Å²) in [7, 11) is 0. The lowest BCUT2D eigenvalue weighted by atomic mass is 9.94. The number of carboxylic acids is 1. The smallest absolute Gasteiger partial charge is 0.310 e. The minimum Gasteiger partial charge on any atom is -0.481 e. The van der Waals surface area contributed by atoms with Crippen molar-refractivity contribution in [2.24, 2.45) is 17.3 Å². The summed E-state index contributed by atoms with van der Waals surface area (Å²) in [6.45, 7) is 0. The van der Waals surface area contributed by atoms with Gasteiger partial charge < -0.3 is 15.2 Å². The second kappa shape index (κ2) is 4.20. The number of rotatable bonds is 3. The van der Waals surface area contributed by atoms with Crippen LogP contribution in [0.3, 0.4) is 0 Å². The van der Waals surface area contributed by atoms with Gasteiger partial charge in [0.1, 0.15) is 0 Å². The molecule has 2 aliphatic heterocycles. The van der Waals surface area contributed by atoms with Crippen molar-refractivity contribution in [1.29, 1.82) is 0 Å². The van der Waals surface area contributed by atoms with Crippen LogP contribution in [0.2, 0.25) is 0 Å². The lowest BCUT2D eigenvalue weighted by Crippen LogP contribution is -2.42. The molecule has 0 spiro atoms. The maximum Gasteiger partial charge on any atom is 0.310 e. The third-order valence-corrected chi connectivity index (χ3v) is 5.85. The zero-order valence-corrected chi connectivity index (χ0v) is 11.5. The molecular weight excluding hydrogens is 258 g/mol. The van der Waals surface area contributed by atoms with Crippen molar-refractivity contribution in [1.82, 2.24) is 5.32 Å². The molecule has 4 fully saturated rings. The number of aliphatic carboxylic acids is 1. The van der Waals surface area contributed by atoms with E-state index in [1.54, 1.807) is 0 Å². The van der Waals surface area contributed by atoms with Gasteiger partial charge in [0.25, 0.3) is 0 Å². The predicted octanol–water partition coefficient (Wildman–Crippen LogP) is 1.31. The molecular formula is C15H21NO4. The van der Waals surface area contributed by atoms with Crippen molar-refractivity contribution in [3.63, 3.8) is 0 Å². The Morgan fingerprint density at radius 2 is 1.80 bits per heavy atom. The highest BCUT2D eigenvalue weighted by molar-refractivity contribution is 5.81. The average Bonchev–Trinajstić information content (AvgIpc) is 2.83. The molecule has 110 valence electrons. The molecule has 6 atom stereocenters. The van der Waals surface area contributed by atoms with E-state index < -0.39 is 11.4 Å². The van der Waals surface area contributed by atoms with Crippen LogP contribution < -0.4 is 5.32 Å². The summed E-state index contributed by atoms with van der Waals surface area (Å²) in [5, 5.41) is 12.4. The van der Waals surface area contributed by atoms with Crippen LogP contribution >= 0.6 is 0 Å². The van der Waals surface area contributed by atoms with Crippen LogP contribution in [0, 0.1) is 17.3 Å². The first kappa shape index (κ1) is 12.6. The Labute approximate surface area is 118 Å². The van der Waals surface area contributed by atoms with Crippen molar-refractivity contribution in [3.8, 4) is 0 Å². The zero-order valence-electron chi connectivity index (χ0n) is 11.5. The first-order valence-electron chi connectivity index (χ1n) is 7.76. The van der Waals surface area contributed by atoms with Crippen LogP contribution in [0.15, 0.2) is 0 Å². The topological polar surface area (TPSA) is 75.6 Å². The van der Waals surface area contributed by atoms with Crippen LogP contribution in [0.5, 0.6) is 0 Å². The van der Waals surface area contributed by atoms with Crippen molar-refractivity contribution in [3.05, 3.63) is 0 Å². The largest absolute Gasteiger partial charge is 0.481 e. The minimum absolute atomic E-state index is 0.0675. The maximum atomic E-state index is 12.4. The second-order valence-corrected chi connectivity index (χ2v) is 7.13. The van der Waals surface area contributed by atoms with E-state index in [0.717, 1.165) is 38.5 Å². The van der Waals surface area contributed by atoms with Gasteiger partial charge in [0.2, 0.25) is 5.91 Å². The summed E-state index contributed by atoms with van der Waals surface area (Å²) in [5.41, 5.74) is -0.507. The van der Waals surface area contributed by atoms with Crippen molar-refractivity contribution in [2.45, 2.75) is 63.2 Å². The van der Waals surface area contributed by atoms with E-state index >= 15 is 0 Å². The first-order valence-corrected chi connectivity index (χ1v) is 7.76. The third-order valence-electron chi connectivity index (χ3n) is 5.85. The summed E-state index contributed by atoms with van der Waals surface area (Å²) in [4.78, 5) is 23.6. The Bertz CT molecular complexity index is 453. The molecule has 0 radical (unpaired) electrons. The van der Waals surface area contributed by atoms with E-state index in [1.807, 2.05) is 0 Å². The number of nitrogens with one attached hydrogen (secondary N) is 1. The number of hydrogen-bond acceptors (Lipinski definition) is 3. The van der Waals surface area contributed by atoms with Crippen LogP contribution in [-0.2, 0) is 14.3 Å². The minimum atomic E-state index is -0.677. The maximum absolute atomic E-state index is 12.4. The Morgan fingerprint density at radius 3 is 2.40 bits per heavy atom. The van der Waals surface area contributed by atoms with E-state index in [-0.39, 0.29) is 36.0 Å². The molecule has 5 heteroatoms. The van der Waals surface area contributed by atoms with Crippen LogP contribution in [0.25, 0.3) is 0 Å². The molecule has 4 rings (SSSR count). The molecule has 2 saturated carbocycles. The van der Waals surface area contributed by atoms with Gasteiger partial charge in [-0.3, -0.25) is 9.59 Å². The Hall–Kier alpha value is -1.10. The van der Waals surface area contributed by atoms with Gasteiger partial charge >= 0.3 is 5.97 Å². The normalized spacial score (nSPS) is 48.7. The number of carbonyl (C=O) groups excluding carboxylic acids is 1. The van der Waals surface area contributed by atoms with E-state index in [1.165, 1.54) is 0 Å². The van der Waals surface area contributed by atoms with Gasteiger partial charge in [0.15, 0.2) is 0 Å². The number of hydrogen-bond donors (Lipinski definition) is 2. The Balaban J connectivity index is 1.34. The fourth-order valence-electron chi connectivity index (χ4n) is 4.66. The Kier molecular flexibility index (Phi) is 2.65. The highest BCUT2D eigenvalue weighted by Gasteiger charge is 2.65. The molecule has 20 heavy (non-hydrogen) atoms. The monoisotopic (exact) mass is 279 g/mol. The zero-order chi connectivity index (χ0) is 13.9. The molecule has 0 aromatic heterocycles. The van der Waals surface area contributed by atoms with E-state index in [0.29, 0.717) is 6.42 Å². The quantitative estimate of drug-likeness (QED) is 0.817. The number of carbonyl (C=O) groups is 2. The summed E-state index contributed by atoms with van der Waals surface area (Å²) in [5.74, 6) is -0.199. The van der Waals surface area contributed by atoms with Gasteiger partial charge in [-0.25, -0.2) is 0 Å². The standard InChI is InChI=1S/C15H21NO4/c17-13(8-3-11-1-2-12(4-8)20-11)16-10-5-9-6-15(9,7-10)14(18)19/h8-12H,1-7H2,(H,16,17)(H,18,19)/t8?,9-,10+,11-,12+,15+/m1/s1. The van der Waals surface area contributed by atoms with E-state index in [2.05, 4.69) is 5.32 Å². The molecule has 1 amide bonds. The van der Waals surface area contributed by atoms with Crippen LogP contribution in [0.4, 0.5) is 0 Å². The van der Waals surface area contributed by atoms with Crippen molar-refractivity contribution < 1.29 is 19.4 Å². The second-order valence-electron chi connectivity index (χ2n) is 7.13. The summed E-state index contributed by atoms with van der Waals surface area (Å²) >= 11 is 0. The number of amides is 1. The molecule has 1 unspecified atom stereocenters. The number of carboxylic acid groups (broad SMARTS) is 1. The third kappa shape index (κ3) is 1.86. The van der Waals surface area contributed by atoms with E-state index in [9.17, 15) is 14.7 Å².